The lowest BCUT2D eigenvalue weighted by molar-refractivity contribution is -0.130. The molecule has 7 nitrogen and oxygen atoms in total. The van der Waals surface area contributed by atoms with Crippen molar-refractivity contribution in [2.45, 2.75) is 59.0 Å². The number of carbonyl (C=O) groups is 1. The molecule has 4 rings (SSSR count). The van der Waals surface area contributed by atoms with E-state index in [2.05, 4.69) is 27.8 Å². The molecule has 3 heterocycles. The van der Waals surface area contributed by atoms with E-state index < -0.39 is 0 Å². The minimum atomic E-state index is -0.191. The van der Waals surface area contributed by atoms with Gasteiger partial charge in [0, 0.05) is 31.9 Å². The number of aromatic nitrogens is 1. The number of piperidine rings is 1. The van der Waals surface area contributed by atoms with Crippen molar-refractivity contribution in [1.82, 2.24) is 9.88 Å². The molecular weight excluding hydrogens is 474 g/mol. The van der Waals surface area contributed by atoms with Gasteiger partial charge in [0.25, 0.3) is 0 Å². The molecule has 1 saturated heterocycles. The van der Waals surface area contributed by atoms with Gasteiger partial charge in [-0.2, -0.15) is 0 Å². The zero-order valence-corrected chi connectivity index (χ0v) is 22.1. The van der Waals surface area contributed by atoms with Crippen LogP contribution in [0.4, 0.5) is 11.4 Å². The number of nitrogens with zero attached hydrogens (tertiary/aromatic N) is 3. The predicted octanol–water partition coefficient (Wildman–Crippen LogP) is 5.62. The summed E-state index contributed by atoms with van der Waals surface area (Å²) in [7, 11) is 0. The molecular formula is C28H36ClN5O2. The standard InChI is InChI=1S/C28H36ClN5O2/c1-4-26(29)28-32-19(2)31-25-15-22(17-30-18-25)5-6-23-16-24(33-28)7-8-27(23)36-14-11-21-9-12-34(13-10-21)20(3)35/h4,7-8,15-19,21,31H,5-6,9-14H2,1-3H3,(H,32,33)/b26-4+. The molecule has 2 aliphatic heterocycles. The smallest absolute Gasteiger partial charge is 0.219 e. The van der Waals surface area contributed by atoms with Gasteiger partial charge in [-0.25, -0.2) is 4.99 Å². The van der Waals surface area contributed by atoms with Gasteiger partial charge in [0.2, 0.25) is 5.91 Å². The second-order valence-corrected chi connectivity index (χ2v) is 9.96. The lowest BCUT2D eigenvalue weighted by atomic mass is 9.94. The average molecular weight is 510 g/mol. The lowest BCUT2D eigenvalue weighted by Crippen LogP contribution is -2.37. The quantitative estimate of drug-likeness (QED) is 0.547. The summed E-state index contributed by atoms with van der Waals surface area (Å²) in [5, 5.41) is 7.35. The highest BCUT2D eigenvalue weighted by Gasteiger charge is 2.21. The number of nitrogens with one attached hydrogen (secondary N) is 2. The number of hydrogen-bond acceptors (Lipinski definition) is 6. The molecule has 2 aromatic rings. The minimum absolute atomic E-state index is 0.174. The average Bonchev–Trinajstić information content (AvgIpc) is 2.88. The largest absolute Gasteiger partial charge is 0.493 e. The number of amides is 1. The molecule has 0 saturated carbocycles. The highest BCUT2D eigenvalue weighted by atomic mass is 35.5. The van der Waals surface area contributed by atoms with Crippen LogP contribution in [0.2, 0.25) is 0 Å². The molecule has 2 aliphatic rings. The summed E-state index contributed by atoms with van der Waals surface area (Å²) in [4.78, 5) is 22.7. The molecule has 0 aliphatic carbocycles. The molecule has 4 bridgehead atoms. The number of rotatable bonds is 5. The Kier molecular flexibility index (Phi) is 8.86. The van der Waals surface area contributed by atoms with Crippen molar-refractivity contribution < 1.29 is 9.53 Å². The van der Waals surface area contributed by atoms with Crippen molar-refractivity contribution >= 4 is 34.7 Å². The monoisotopic (exact) mass is 509 g/mol. The number of aliphatic imine (C=N–C) groups is 1. The first kappa shape index (κ1) is 26.0. The Morgan fingerprint density at radius 3 is 2.75 bits per heavy atom. The number of fused-ring (bicyclic) bond motifs is 4. The zero-order chi connectivity index (χ0) is 25.5. The molecule has 1 atom stereocenters. The van der Waals surface area contributed by atoms with Crippen molar-refractivity contribution in [3.8, 4) is 5.75 Å². The van der Waals surface area contributed by atoms with Gasteiger partial charge in [0.05, 0.1) is 23.5 Å². The Labute approximate surface area is 219 Å². The number of hydrogen-bond donors (Lipinski definition) is 2. The van der Waals surface area contributed by atoms with Gasteiger partial charge in [-0.1, -0.05) is 17.7 Å². The Balaban J connectivity index is 1.51. The number of carbonyl (C=O) groups excluding carboxylic acids is 1. The van der Waals surface area contributed by atoms with Crippen LogP contribution in [0.15, 0.2) is 52.8 Å². The van der Waals surface area contributed by atoms with Crippen LogP contribution < -0.4 is 15.4 Å². The van der Waals surface area contributed by atoms with Crippen LogP contribution in [0.5, 0.6) is 5.75 Å². The second kappa shape index (κ2) is 12.3. The summed E-state index contributed by atoms with van der Waals surface area (Å²) in [5.41, 5.74) is 4.14. The number of halogens is 1. The Morgan fingerprint density at radius 2 is 2.00 bits per heavy atom. The van der Waals surface area contributed by atoms with E-state index in [9.17, 15) is 4.79 Å². The first-order valence-electron chi connectivity index (χ1n) is 12.8. The fraction of sp³-hybridized carbons (Fsp3) is 0.464. The maximum absolute atomic E-state index is 11.6. The first-order chi connectivity index (χ1) is 17.4. The summed E-state index contributed by atoms with van der Waals surface area (Å²) in [6.07, 6.45) is 10.1. The van der Waals surface area contributed by atoms with Gasteiger partial charge in [-0.3, -0.25) is 9.78 Å². The molecule has 1 amide bonds. The molecule has 36 heavy (non-hydrogen) atoms. The third-order valence-corrected chi connectivity index (χ3v) is 7.22. The van der Waals surface area contributed by atoms with Crippen molar-refractivity contribution in [3.63, 3.8) is 0 Å². The normalized spacial score (nSPS) is 20.6. The number of allylic oxidation sites excluding steroid dienone is 1. The van der Waals surface area contributed by atoms with Crippen LogP contribution in [0, 0.1) is 5.92 Å². The fourth-order valence-electron chi connectivity index (χ4n) is 4.74. The highest BCUT2D eigenvalue weighted by Crippen LogP contribution is 2.28. The first-order valence-corrected chi connectivity index (χ1v) is 13.2. The number of pyridine rings is 1. The fourth-order valence-corrected chi connectivity index (χ4v) is 4.84. The van der Waals surface area contributed by atoms with Gasteiger partial charge in [-0.15, -0.1) is 0 Å². The lowest BCUT2D eigenvalue weighted by Gasteiger charge is -2.31. The maximum Gasteiger partial charge on any atom is 0.219 e. The van der Waals surface area contributed by atoms with Crippen molar-refractivity contribution in [2.24, 2.45) is 10.9 Å². The molecule has 1 aromatic heterocycles. The summed E-state index contributed by atoms with van der Waals surface area (Å²) in [6.45, 7) is 7.90. The number of anilines is 2. The third-order valence-electron chi connectivity index (χ3n) is 6.82. The minimum Gasteiger partial charge on any atom is -0.493 e. The van der Waals surface area contributed by atoms with E-state index in [1.165, 1.54) is 0 Å². The van der Waals surface area contributed by atoms with Crippen LogP contribution in [-0.2, 0) is 17.6 Å². The van der Waals surface area contributed by atoms with Gasteiger partial charge in [0.15, 0.2) is 0 Å². The van der Waals surface area contributed by atoms with Gasteiger partial charge < -0.3 is 20.3 Å². The van der Waals surface area contributed by atoms with E-state index >= 15 is 0 Å². The van der Waals surface area contributed by atoms with Gasteiger partial charge in [-0.05, 0) is 87.3 Å². The van der Waals surface area contributed by atoms with E-state index in [-0.39, 0.29) is 12.1 Å². The molecule has 0 spiro atoms. The van der Waals surface area contributed by atoms with E-state index in [1.54, 1.807) is 6.92 Å². The predicted molar refractivity (Wildman–Crippen MR) is 147 cm³/mol. The van der Waals surface area contributed by atoms with Crippen LogP contribution in [0.3, 0.4) is 0 Å². The number of ether oxygens (including phenoxy) is 1. The van der Waals surface area contributed by atoms with Crippen LogP contribution in [-0.4, -0.2) is 47.5 Å². The van der Waals surface area contributed by atoms with E-state index in [4.69, 9.17) is 21.3 Å². The van der Waals surface area contributed by atoms with Crippen molar-refractivity contribution in [3.05, 3.63) is 58.9 Å². The molecule has 0 radical (unpaired) electrons. The molecule has 1 unspecified atom stereocenters. The third kappa shape index (κ3) is 7.00. The van der Waals surface area contributed by atoms with Gasteiger partial charge >= 0.3 is 0 Å². The van der Waals surface area contributed by atoms with E-state index in [0.29, 0.717) is 23.4 Å². The molecule has 2 N–H and O–H groups in total. The van der Waals surface area contributed by atoms with Gasteiger partial charge in [0.1, 0.15) is 17.8 Å². The number of likely N-dealkylation sites (tertiary alicyclic amines) is 1. The maximum atomic E-state index is 11.6. The van der Waals surface area contributed by atoms with E-state index in [0.717, 1.165) is 73.4 Å². The summed E-state index contributed by atoms with van der Waals surface area (Å²) < 4.78 is 6.31. The summed E-state index contributed by atoms with van der Waals surface area (Å²) in [6, 6.07) is 8.30. The SMILES string of the molecule is C/C=C(Cl)\C1=N/C(C)Nc2cncc(c2)CCc2cc(ccc2OCCC2CCN(C(C)=O)CC2)N1. The number of aryl methyl sites for hydroxylation is 2. The number of benzene rings is 1. The summed E-state index contributed by atoms with van der Waals surface area (Å²) >= 11 is 6.49. The molecule has 1 aromatic carbocycles. The van der Waals surface area contributed by atoms with Crippen LogP contribution in [0.25, 0.3) is 0 Å². The second-order valence-electron chi connectivity index (χ2n) is 9.55. The van der Waals surface area contributed by atoms with Crippen molar-refractivity contribution in [1.29, 1.82) is 0 Å². The van der Waals surface area contributed by atoms with E-state index in [1.807, 2.05) is 49.3 Å². The number of amidine groups is 1. The van der Waals surface area contributed by atoms with Crippen LogP contribution in [0.1, 0.15) is 51.2 Å². The Bertz CT molecular complexity index is 1120. The van der Waals surface area contributed by atoms with Crippen LogP contribution >= 0.6 is 11.6 Å². The molecule has 192 valence electrons. The molecule has 1 fully saturated rings. The zero-order valence-electron chi connectivity index (χ0n) is 21.4. The topological polar surface area (TPSA) is 78.9 Å². The van der Waals surface area contributed by atoms with Crippen molar-refractivity contribution in [2.75, 3.05) is 30.3 Å². The summed E-state index contributed by atoms with van der Waals surface area (Å²) in [5.74, 6) is 2.28. The Hall–Kier alpha value is -3.06. The Morgan fingerprint density at radius 1 is 1.19 bits per heavy atom. The highest BCUT2D eigenvalue weighted by molar-refractivity contribution is 6.44. The molecule has 8 heteroatoms.